The van der Waals surface area contributed by atoms with Gasteiger partial charge in [-0.2, -0.15) is 65.9 Å². The molecule has 0 aliphatic heterocycles. The van der Waals surface area contributed by atoms with Crippen LogP contribution in [0, 0.1) is 0 Å². The number of nitrogens with zero attached hydrogens (tertiary/aromatic N) is 1. The second-order valence-corrected chi connectivity index (χ2v) is 29.5. The van der Waals surface area contributed by atoms with Crippen molar-refractivity contribution in [3.63, 3.8) is 0 Å². The van der Waals surface area contributed by atoms with E-state index in [0.717, 1.165) is 12.8 Å². The van der Waals surface area contributed by atoms with Gasteiger partial charge in [0.05, 0.1) is 31.3 Å². The molecule has 0 aliphatic carbocycles. The number of hydrogen-bond donors (Lipinski definition) is 2. The minimum absolute atomic E-state index is 0. The van der Waals surface area contributed by atoms with Gasteiger partial charge in [0.25, 0.3) is 0 Å². The van der Waals surface area contributed by atoms with E-state index in [-0.39, 0.29) is 71.0 Å². The number of quaternary nitrogens is 1. The van der Waals surface area contributed by atoms with E-state index in [9.17, 15) is 75.8 Å². The number of aryl methyl sites for hydroxylation is 1. The third-order valence-electron chi connectivity index (χ3n) is 19.2. The molecule has 5 nitrogen and oxygen atoms in total. The normalized spacial score (nSPS) is 12.1. The summed E-state index contributed by atoms with van der Waals surface area (Å²) in [6.45, 7) is 32.9. The average Bonchev–Trinajstić information content (AvgIpc) is 0.702. The van der Waals surface area contributed by atoms with Gasteiger partial charge in [0.15, 0.2) is 0 Å². The maximum atomic E-state index is 12.8. The van der Waals surface area contributed by atoms with Crippen LogP contribution in [-0.4, -0.2) is 83.5 Å². The summed E-state index contributed by atoms with van der Waals surface area (Å²) in [5.74, 6) is -53.3. The molecule has 630 valence electrons. The number of rotatable bonds is 42. The summed E-state index contributed by atoms with van der Waals surface area (Å²) in [6.07, 6.45) is 25.8. The predicted octanol–water partition coefficient (Wildman–Crippen LogP) is 27.9. The van der Waals surface area contributed by atoms with Crippen LogP contribution in [0.25, 0.3) is 11.1 Å². The molecule has 0 amide bonds. The number of carbonyl (C=O) groups excluding carboxylic acids is 1. The number of allylic oxidation sites excluding steroid dienone is 1. The molecule has 0 radical (unpaired) electrons. The molecular formula is C83H128BrCl3F15N3O2P2. The lowest BCUT2D eigenvalue weighted by Crippen LogP contribution is -2.74. The Bertz CT molecular complexity index is 3070. The van der Waals surface area contributed by atoms with Gasteiger partial charge in [-0.25, -0.2) is 0 Å². The van der Waals surface area contributed by atoms with E-state index in [0.29, 0.717) is 5.16 Å². The van der Waals surface area contributed by atoms with E-state index in [1.165, 1.54) is 229 Å². The topological polar surface area (TPSA) is 101 Å². The number of carbonyl (C=O) groups is 1. The van der Waals surface area contributed by atoms with Crippen molar-refractivity contribution in [2.24, 2.45) is 5.73 Å². The summed E-state index contributed by atoms with van der Waals surface area (Å²) < 4.78 is 188. The second-order valence-electron chi connectivity index (χ2n) is 27.5. The summed E-state index contributed by atoms with van der Waals surface area (Å²) in [5, 5.41) is 9.64. The van der Waals surface area contributed by atoms with Gasteiger partial charge < -0.3 is 26.3 Å². The maximum Gasteiger partial charge on any atom is 0.460 e. The number of carboxylic acids is 1. The Morgan fingerprint density at radius 1 is 0.413 bits per heavy atom. The van der Waals surface area contributed by atoms with Crippen molar-refractivity contribution in [1.29, 1.82) is 0 Å². The highest BCUT2D eigenvalue weighted by Crippen LogP contribution is 2.62. The van der Waals surface area contributed by atoms with Crippen molar-refractivity contribution in [2.45, 2.75) is 294 Å². The fraction of sp³-hybridized carbons (Fsp3) is 0.602. The molecule has 2 atom stereocenters. The SMILES string of the molecule is Br.C=C(CCCC)C(P)(CCCC)CCCC.CCCC[N+](CCCC)(CCCC)CCCC.CCCCc1ccccc1C(N)(CCCC)CCCC.Cl.Cl.Cl.N.O=C([O-])C(F)(F)C(F)(F)C(F)(F)C(F)(F)C(F)(F)C(F)(F)C(F)(F)F.PC(c1ccccc1)(c1ccccc1)c1ccccc1-c1ccccc1. The molecule has 109 heavy (non-hydrogen) atoms. The summed E-state index contributed by atoms with van der Waals surface area (Å²) in [5.41, 5.74) is 17.4. The van der Waals surface area contributed by atoms with Gasteiger partial charge in [0, 0.05) is 10.7 Å². The van der Waals surface area contributed by atoms with Gasteiger partial charge in [-0.3, -0.25) is 0 Å². The van der Waals surface area contributed by atoms with Crippen molar-refractivity contribution in [2.75, 3.05) is 26.2 Å². The Balaban J connectivity index is -0.000000414. The molecule has 2 unspecified atom stereocenters. The third-order valence-corrected chi connectivity index (χ3v) is 21.2. The largest absolute Gasteiger partial charge is 0.544 e. The predicted molar refractivity (Wildman–Crippen MR) is 442 cm³/mol. The van der Waals surface area contributed by atoms with Gasteiger partial charge in [-0.15, -0.1) is 72.7 Å². The van der Waals surface area contributed by atoms with Crippen LogP contribution < -0.4 is 17.0 Å². The summed E-state index contributed by atoms with van der Waals surface area (Å²) in [7, 11) is 6.27. The Morgan fingerprint density at radius 3 is 1.08 bits per heavy atom. The quantitative estimate of drug-likeness (QED) is 0.0134. The van der Waals surface area contributed by atoms with Crippen molar-refractivity contribution in [3.05, 3.63) is 179 Å². The number of carboxylic acid groups (broad SMARTS) is 1. The highest BCUT2D eigenvalue weighted by atomic mass is 79.9. The number of hydrogen-bond acceptors (Lipinski definition) is 4. The van der Waals surface area contributed by atoms with E-state index < -0.39 is 47.7 Å². The number of unbranched alkanes of at least 4 members (excludes halogenated alkanes) is 10. The number of nitrogens with two attached hydrogens (primary N) is 1. The highest BCUT2D eigenvalue weighted by molar-refractivity contribution is 8.93. The Hall–Kier alpha value is -3.65. The zero-order valence-electron chi connectivity index (χ0n) is 65.7. The van der Waals surface area contributed by atoms with Crippen LogP contribution >= 0.6 is 72.7 Å². The standard InChI is InChI=1S/C25H21P.C19H33N.C16H36N.C15H31P.C8HF15O2.BrH.3ClH.H3N/c26-25(21-14-6-2-7-15-21,22-16-8-3-9-17-22)24-19-11-10-18-23(24)20-12-4-1-5-13-20;1-4-7-12-17-13-10-11-14-18(17)19(20,15-8-5-2)16-9-6-3;1-5-9-13-17(14-10-6-2,15-11-7-3)16-12-8-4;1-5-8-11-14(4)15(16,12-9-6-2)13-10-7-3;9-2(10,1(24)25)3(11,12)4(13,14)5(15,16)6(17,18)7(19,20)8(21,22)23;;;;;/h1-19H,26H2;10-11,13-14H,4-9,12,15-16,20H2,1-3H3;5-16H2,1-4H3;4-13,16H2,1-3H3;(H,24,25);4*1H;1H3/q;;+1;;;;;;;/p-1. The van der Waals surface area contributed by atoms with Gasteiger partial charge in [0.2, 0.25) is 0 Å². The Kier molecular flexibility index (Phi) is 57.5. The first-order valence-electron chi connectivity index (χ1n) is 37.6. The van der Waals surface area contributed by atoms with Crippen LogP contribution in [0.1, 0.15) is 258 Å². The van der Waals surface area contributed by atoms with Crippen molar-refractivity contribution in [1.82, 2.24) is 6.15 Å². The minimum Gasteiger partial charge on any atom is -0.544 e. The fourth-order valence-electron chi connectivity index (χ4n) is 12.4. The molecule has 0 bridgehead atoms. The van der Waals surface area contributed by atoms with Crippen LogP contribution in [0.4, 0.5) is 65.9 Å². The molecule has 26 heteroatoms. The van der Waals surface area contributed by atoms with Gasteiger partial charge in [-0.1, -0.05) is 311 Å². The lowest BCUT2D eigenvalue weighted by Gasteiger charge is -2.41. The van der Waals surface area contributed by atoms with Crippen molar-refractivity contribution < 1.29 is 80.2 Å². The smallest absolute Gasteiger partial charge is 0.460 e. The summed E-state index contributed by atoms with van der Waals surface area (Å²) in [6, 6.07) is 49.6. The molecule has 5 rings (SSSR count). The maximum absolute atomic E-state index is 12.8. The fourth-order valence-corrected chi connectivity index (χ4v) is 13.6. The van der Waals surface area contributed by atoms with Crippen molar-refractivity contribution in [3.8, 4) is 11.1 Å². The van der Waals surface area contributed by atoms with Gasteiger partial charge in [0.1, 0.15) is 5.97 Å². The van der Waals surface area contributed by atoms with Gasteiger partial charge >= 0.3 is 41.7 Å². The molecule has 0 fully saturated rings. The Morgan fingerprint density at radius 2 is 0.725 bits per heavy atom. The van der Waals surface area contributed by atoms with E-state index in [1.807, 2.05) is 0 Å². The molecular weight excluding hydrogens is 1600 g/mol. The molecule has 5 aromatic rings. The molecule has 5 aromatic carbocycles. The Labute approximate surface area is 677 Å². The first kappa shape index (κ1) is 114. The van der Waals surface area contributed by atoms with Crippen LogP contribution in [0.5, 0.6) is 0 Å². The summed E-state index contributed by atoms with van der Waals surface area (Å²) in [4.78, 5) is 9.61. The summed E-state index contributed by atoms with van der Waals surface area (Å²) >= 11 is 0. The van der Waals surface area contributed by atoms with Crippen LogP contribution in [0.3, 0.4) is 0 Å². The molecule has 0 aliphatic rings. The zero-order valence-corrected chi connectivity index (χ0v) is 72.2. The average molecular weight is 1730 g/mol. The first-order valence-corrected chi connectivity index (χ1v) is 38.7. The molecule has 0 heterocycles. The zero-order chi connectivity index (χ0) is 79.2. The first-order chi connectivity index (χ1) is 48.8. The van der Waals surface area contributed by atoms with E-state index in [1.54, 1.807) is 0 Å². The minimum atomic E-state index is -8.50. The van der Waals surface area contributed by atoms with Crippen LogP contribution in [0.15, 0.2) is 152 Å². The molecule has 0 aromatic heterocycles. The van der Waals surface area contributed by atoms with Crippen LogP contribution in [-0.2, 0) is 21.9 Å². The van der Waals surface area contributed by atoms with Gasteiger partial charge in [-0.05, 0) is 116 Å². The van der Waals surface area contributed by atoms with E-state index >= 15 is 0 Å². The second kappa shape index (κ2) is 55.0. The lowest BCUT2D eigenvalue weighted by atomic mass is 9.78. The van der Waals surface area contributed by atoms with E-state index in [4.69, 9.17) is 5.73 Å². The monoisotopic (exact) mass is 1730 g/mol. The highest BCUT2D eigenvalue weighted by Gasteiger charge is 2.93. The third kappa shape index (κ3) is 32.2. The van der Waals surface area contributed by atoms with E-state index in [2.05, 4.69) is 234 Å². The van der Waals surface area contributed by atoms with Crippen LogP contribution in [0.2, 0.25) is 0 Å². The molecule has 0 saturated carbocycles. The molecule has 0 spiro atoms. The number of benzene rings is 5. The molecule has 0 saturated heterocycles. The molecule has 5 N–H and O–H groups in total. The number of halogens is 19. The van der Waals surface area contributed by atoms with Crippen molar-refractivity contribution >= 4 is 78.7 Å². The lowest BCUT2D eigenvalue weighted by molar-refractivity contribution is -0.929. The number of aliphatic carboxylic acids is 1. The number of alkyl halides is 15.